The van der Waals surface area contributed by atoms with Gasteiger partial charge in [-0.25, -0.2) is 10.4 Å². The van der Waals surface area contributed by atoms with Gasteiger partial charge in [-0.15, -0.1) is 11.3 Å². The van der Waals surface area contributed by atoms with Crippen LogP contribution in [0.2, 0.25) is 0 Å². The number of hydrazone groups is 1. The van der Waals surface area contributed by atoms with Crippen LogP contribution in [0.25, 0.3) is 11.3 Å². The first kappa shape index (κ1) is 24.6. The largest absolute Gasteiger partial charge is 0.488 e. The van der Waals surface area contributed by atoms with E-state index in [2.05, 4.69) is 69.1 Å². The van der Waals surface area contributed by atoms with Crippen LogP contribution in [-0.2, 0) is 0 Å². The number of aryl methyl sites for hydroxylation is 1. The van der Waals surface area contributed by atoms with Crippen LogP contribution in [0.5, 0.6) is 5.75 Å². The number of nitrogens with zero attached hydrogens (tertiary/aromatic N) is 2. The lowest BCUT2D eigenvalue weighted by Gasteiger charge is -2.06. The van der Waals surface area contributed by atoms with E-state index in [1.54, 1.807) is 24.4 Å². The topological polar surface area (TPSA) is 75.6 Å². The van der Waals surface area contributed by atoms with Crippen LogP contribution in [0.1, 0.15) is 21.5 Å². The highest BCUT2D eigenvalue weighted by atomic mass is 127. The van der Waals surface area contributed by atoms with Crippen LogP contribution in [0.4, 0.5) is 10.8 Å². The van der Waals surface area contributed by atoms with E-state index in [-0.39, 0.29) is 5.91 Å². The number of thiazole rings is 1. The second-order valence-corrected chi connectivity index (χ2v) is 9.62. The summed E-state index contributed by atoms with van der Waals surface area (Å²) < 4.78 is 6.52. The third-order valence-corrected chi connectivity index (χ3v) is 6.54. The lowest BCUT2D eigenvalue weighted by atomic mass is 10.1. The molecule has 1 amide bonds. The molecule has 0 radical (unpaired) electrons. The van der Waals surface area contributed by atoms with E-state index in [0.717, 1.165) is 37.0 Å². The standard InChI is InChI=1S/C27H23IN4O2S/c1-3-14-34-25-13-6-19(15-23(25)28)16-29-32-26(33)21-9-7-20(8-10-21)24-17-35-27(31-24)30-22-11-4-18(2)5-12-22/h3-13,15-17H,1,14H2,2H3,(H,30,31)(H,32,33)/b29-16-. The Bertz CT molecular complexity index is 1350. The van der Waals surface area contributed by atoms with E-state index in [9.17, 15) is 4.79 Å². The molecule has 0 fully saturated rings. The zero-order chi connectivity index (χ0) is 24.6. The fraction of sp³-hybridized carbons (Fsp3) is 0.0741. The SMILES string of the molecule is C=CCOc1ccc(/C=N\NC(=O)c2ccc(-c3csc(Nc4ccc(C)cc4)n3)cc2)cc1I. The summed E-state index contributed by atoms with van der Waals surface area (Å²) in [5.74, 6) is 0.498. The van der Waals surface area contributed by atoms with E-state index in [1.807, 2.05) is 47.8 Å². The molecule has 0 unspecified atom stereocenters. The monoisotopic (exact) mass is 594 g/mol. The number of rotatable bonds is 9. The van der Waals surface area contributed by atoms with Crippen LogP contribution in [0, 0.1) is 10.5 Å². The van der Waals surface area contributed by atoms with Crippen LogP contribution in [0.15, 0.2) is 89.9 Å². The molecule has 0 aliphatic rings. The molecule has 6 nitrogen and oxygen atoms in total. The summed E-state index contributed by atoms with van der Waals surface area (Å²) in [7, 11) is 0. The van der Waals surface area contributed by atoms with Crippen molar-refractivity contribution in [1.82, 2.24) is 10.4 Å². The number of aromatic nitrogens is 1. The van der Waals surface area contributed by atoms with Crippen molar-refractivity contribution in [3.05, 3.63) is 105 Å². The highest BCUT2D eigenvalue weighted by molar-refractivity contribution is 14.1. The average molecular weight is 594 g/mol. The number of anilines is 2. The van der Waals surface area contributed by atoms with Gasteiger partial charge in [-0.2, -0.15) is 5.10 Å². The second-order valence-electron chi connectivity index (χ2n) is 7.59. The molecule has 1 aromatic heterocycles. The van der Waals surface area contributed by atoms with Crippen LogP contribution >= 0.6 is 33.9 Å². The smallest absolute Gasteiger partial charge is 0.271 e. The summed E-state index contributed by atoms with van der Waals surface area (Å²) in [6.07, 6.45) is 3.30. The predicted molar refractivity (Wildman–Crippen MR) is 152 cm³/mol. The molecule has 0 saturated carbocycles. The van der Waals surface area contributed by atoms with Crippen molar-refractivity contribution in [3.8, 4) is 17.0 Å². The van der Waals surface area contributed by atoms with Gasteiger partial charge < -0.3 is 10.1 Å². The van der Waals surface area contributed by atoms with Crippen LogP contribution in [0.3, 0.4) is 0 Å². The normalized spacial score (nSPS) is 10.8. The molecule has 0 bridgehead atoms. The van der Waals surface area contributed by atoms with Crippen molar-refractivity contribution >= 4 is 56.9 Å². The van der Waals surface area contributed by atoms with E-state index < -0.39 is 0 Å². The maximum Gasteiger partial charge on any atom is 0.271 e. The summed E-state index contributed by atoms with van der Waals surface area (Å²) in [6, 6.07) is 21.1. The van der Waals surface area contributed by atoms with Crippen molar-refractivity contribution in [3.63, 3.8) is 0 Å². The summed E-state index contributed by atoms with van der Waals surface area (Å²) >= 11 is 3.73. The maximum absolute atomic E-state index is 12.5. The number of halogens is 1. The molecule has 0 spiro atoms. The molecule has 3 aromatic carbocycles. The molecule has 0 aliphatic heterocycles. The van der Waals surface area contributed by atoms with Gasteiger partial charge in [0.25, 0.3) is 5.91 Å². The minimum absolute atomic E-state index is 0.284. The Labute approximate surface area is 221 Å². The van der Waals surface area contributed by atoms with Gasteiger partial charge >= 0.3 is 0 Å². The Morgan fingerprint density at radius 3 is 2.63 bits per heavy atom. The molecule has 2 N–H and O–H groups in total. The molecule has 35 heavy (non-hydrogen) atoms. The van der Waals surface area contributed by atoms with Gasteiger partial charge in [0.05, 0.1) is 15.5 Å². The number of benzene rings is 3. The molecule has 4 aromatic rings. The predicted octanol–water partition coefficient (Wildman–Crippen LogP) is 6.80. The minimum Gasteiger partial charge on any atom is -0.488 e. The van der Waals surface area contributed by atoms with Gasteiger partial charge in [0.2, 0.25) is 0 Å². The fourth-order valence-corrected chi connectivity index (χ4v) is 4.54. The van der Waals surface area contributed by atoms with Crippen LogP contribution in [-0.4, -0.2) is 23.7 Å². The molecule has 0 aliphatic carbocycles. The molecule has 1 heterocycles. The Morgan fingerprint density at radius 2 is 1.91 bits per heavy atom. The first-order valence-electron chi connectivity index (χ1n) is 10.8. The highest BCUT2D eigenvalue weighted by Crippen LogP contribution is 2.27. The molecule has 4 rings (SSSR count). The summed E-state index contributed by atoms with van der Waals surface area (Å²) in [5, 5.41) is 10.2. The zero-order valence-electron chi connectivity index (χ0n) is 19.0. The number of hydrogen-bond donors (Lipinski definition) is 2. The summed E-state index contributed by atoms with van der Waals surface area (Å²) in [6.45, 7) is 6.16. The number of hydrogen-bond acceptors (Lipinski definition) is 6. The Hall–Kier alpha value is -3.50. The van der Waals surface area contributed by atoms with Gasteiger partial charge in [-0.05, 0) is 77.5 Å². The van der Waals surface area contributed by atoms with Crippen molar-refractivity contribution in [1.29, 1.82) is 0 Å². The van der Waals surface area contributed by atoms with E-state index in [0.29, 0.717) is 12.2 Å². The fourth-order valence-electron chi connectivity index (χ4n) is 3.11. The Kier molecular flexibility index (Phi) is 8.27. The van der Waals surface area contributed by atoms with Gasteiger partial charge in [-0.3, -0.25) is 4.79 Å². The molecule has 0 atom stereocenters. The second kappa shape index (κ2) is 11.8. The van der Waals surface area contributed by atoms with Crippen molar-refractivity contribution in [2.75, 3.05) is 11.9 Å². The number of ether oxygens (including phenoxy) is 1. The van der Waals surface area contributed by atoms with E-state index in [4.69, 9.17) is 4.74 Å². The Balaban J connectivity index is 1.34. The average Bonchev–Trinajstić information content (AvgIpc) is 3.33. The van der Waals surface area contributed by atoms with Gasteiger partial charge in [0.1, 0.15) is 12.4 Å². The first-order valence-corrected chi connectivity index (χ1v) is 12.7. The highest BCUT2D eigenvalue weighted by Gasteiger charge is 2.08. The van der Waals surface area contributed by atoms with Gasteiger partial charge in [0.15, 0.2) is 5.13 Å². The number of carbonyl (C=O) groups is 1. The quantitative estimate of drug-likeness (QED) is 0.0968. The summed E-state index contributed by atoms with van der Waals surface area (Å²) in [4.78, 5) is 17.1. The lowest BCUT2D eigenvalue weighted by molar-refractivity contribution is 0.0955. The lowest BCUT2D eigenvalue weighted by Crippen LogP contribution is -2.17. The number of amides is 1. The number of carbonyl (C=O) groups excluding carboxylic acids is 1. The van der Waals surface area contributed by atoms with E-state index in [1.165, 1.54) is 16.9 Å². The molecule has 8 heteroatoms. The van der Waals surface area contributed by atoms with E-state index >= 15 is 0 Å². The zero-order valence-corrected chi connectivity index (χ0v) is 22.0. The summed E-state index contributed by atoms with van der Waals surface area (Å²) in [5.41, 5.74) is 7.94. The third-order valence-electron chi connectivity index (χ3n) is 4.94. The van der Waals surface area contributed by atoms with Gasteiger partial charge in [-0.1, -0.05) is 42.5 Å². The molecule has 0 saturated heterocycles. The van der Waals surface area contributed by atoms with Crippen molar-refractivity contribution < 1.29 is 9.53 Å². The van der Waals surface area contributed by atoms with Crippen molar-refractivity contribution in [2.24, 2.45) is 5.10 Å². The molecular weight excluding hydrogens is 571 g/mol. The Morgan fingerprint density at radius 1 is 1.14 bits per heavy atom. The maximum atomic E-state index is 12.5. The van der Waals surface area contributed by atoms with Crippen LogP contribution < -0.4 is 15.5 Å². The first-order chi connectivity index (χ1) is 17.0. The van der Waals surface area contributed by atoms with Crippen molar-refractivity contribution in [2.45, 2.75) is 6.92 Å². The van der Waals surface area contributed by atoms with Gasteiger partial charge in [0, 0.05) is 22.2 Å². The minimum atomic E-state index is -0.284. The number of nitrogens with one attached hydrogen (secondary N) is 2. The molecule has 176 valence electrons. The third kappa shape index (κ3) is 6.77. The molecular formula is C27H23IN4O2S.